The molecule has 0 aliphatic carbocycles. The summed E-state index contributed by atoms with van der Waals surface area (Å²) in [7, 11) is 0. The molecule has 10 heteroatoms. The van der Waals surface area contributed by atoms with Gasteiger partial charge in [-0.05, 0) is 39.3 Å². The fourth-order valence-corrected chi connectivity index (χ4v) is 3.79. The molecule has 1 aliphatic rings. The highest BCUT2D eigenvalue weighted by atomic mass is 16.6. The Labute approximate surface area is 179 Å². The predicted octanol–water partition coefficient (Wildman–Crippen LogP) is 2.07. The first-order valence-electron chi connectivity index (χ1n) is 10.2. The van der Waals surface area contributed by atoms with Crippen LogP contribution in [0.5, 0.6) is 0 Å². The number of H-pyrrole nitrogens is 1. The van der Waals surface area contributed by atoms with E-state index in [0.717, 1.165) is 16.6 Å². The van der Waals surface area contributed by atoms with Gasteiger partial charge in [-0.3, -0.25) is 0 Å². The summed E-state index contributed by atoms with van der Waals surface area (Å²) < 4.78 is 5.36. The first-order valence-corrected chi connectivity index (χ1v) is 10.2. The van der Waals surface area contributed by atoms with Crippen molar-refractivity contribution in [2.24, 2.45) is 0 Å². The van der Waals surface area contributed by atoms with Gasteiger partial charge in [-0.1, -0.05) is 0 Å². The number of aliphatic hydroxyl groups excluding tert-OH is 1. The van der Waals surface area contributed by atoms with Crippen molar-refractivity contribution in [2.75, 3.05) is 23.7 Å². The third kappa shape index (κ3) is 4.53. The molecule has 4 rings (SSSR count). The van der Waals surface area contributed by atoms with E-state index in [1.54, 1.807) is 39.2 Å². The first-order chi connectivity index (χ1) is 14.7. The van der Waals surface area contributed by atoms with Crippen molar-refractivity contribution in [2.45, 2.75) is 44.9 Å². The van der Waals surface area contributed by atoms with Crippen LogP contribution in [-0.4, -0.2) is 62.0 Å². The lowest BCUT2D eigenvalue weighted by atomic mass is 10.0. The van der Waals surface area contributed by atoms with Crippen LogP contribution >= 0.6 is 0 Å². The highest BCUT2D eigenvalue weighted by molar-refractivity contribution is 6.02. The highest BCUT2D eigenvalue weighted by Crippen LogP contribution is 2.35. The van der Waals surface area contributed by atoms with Gasteiger partial charge in [0.1, 0.15) is 11.2 Å². The maximum atomic E-state index is 12.3. The molecule has 0 aromatic carbocycles. The monoisotopic (exact) mass is 425 g/mol. The van der Waals surface area contributed by atoms with Gasteiger partial charge in [-0.25, -0.2) is 19.7 Å². The van der Waals surface area contributed by atoms with Gasteiger partial charge < -0.3 is 30.8 Å². The zero-order valence-corrected chi connectivity index (χ0v) is 17.8. The number of aliphatic hydroxyl groups is 1. The van der Waals surface area contributed by atoms with E-state index in [2.05, 4.69) is 30.2 Å². The molecular weight excluding hydrogens is 398 g/mol. The Bertz CT molecular complexity index is 1090. The average Bonchev–Trinajstić information content (AvgIpc) is 3.12. The molecule has 2 atom stereocenters. The summed E-state index contributed by atoms with van der Waals surface area (Å²) in [6, 6.07) is 3.25. The molecule has 1 aliphatic heterocycles. The Hall–Kier alpha value is -3.40. The minimum atomic E-state index is -0.659. The third-order valence-corrected chi connectivity index (χ3v) is 5.12. The Morgan fingerprint density at radius 2 is 2.10 bits per heavy atom. The maximum Gasteiger partial charge on any atom is 0.408 e. The molecule has 3 aromatic rings. The van der Waals surface area contributed by atoms with Gasteiger partial charge in [0.15, 0.2) is 0 Å². The number of nitrogens with zero attached hydrogens (tertiary/aromatic N) is 4. The molecule has 0 saturated carbocycles. The van der Waals surface area contributed by atoms with E-state index in [4.69, 9.17) is 10.5 Å². The molecule has 1 fully saturated rings. The Kier molecular flexibility index (Phi) is 5.40. The number of amides is 1. The lowest BCUT2D eigenvalue weighted by Gasteiger charge is -2.38. The molecule has 31 heavy (non-hydrogen) atoms. The second-order valence-corrected chi connectivity index (χ2v) is 8.61. The van der Waals surface area contributed by atoms with E-state index in [1.807, 2.05) is 12.3 Å². The summed E-state index contributed by atoms with van der Waals surface area (Å²) in [4.78, 5) is 30.3. The summed E-state index contributed by atoms with van der Waals surface area (Å²) in [5.41, 5.74) is 8.36. The van der Waals surface area contributed by atoms with E-state index in [-0.39, 0.29) is 5.95 Å². The average molecular weight is 425 g/mol. The van der Waals surface area contributed by atoms with Gasteiger partial charge in [-0.2, -0.15) is 0 Å². The van der Waals surface area contributed by atoms with Crippen LogP contribution in [0.25, 0.3) is 22.3 Å². The zero-order chi connectivity index (χ0) is 22.2. The standard InChI is InChI=1S/C21H27N7O3/c1-21(2,3)31-20(30)27-14-11-28(9-6-16(14)29)15-5-8-23-18-17(15)12(10-25-18)13-4-7-24-19(22)26-13/h4-5,7-8,10,14,16,29H,6,9,11H2,1-3H3,(H,23,25)(H,27,30)(H2,22,24,26)/t14-,16-/m0/s1. The number of hydrogen-bond acceptors (Lipinski definition) is 8. The highest BCUT2D eigenvalue weighted by Gasteiger charge is 2.32. The second-order valence-electron chi connectivity index (χ2n) is 8.61. The summed E-state index contributed by atoms with van der Waals surface area (Å²) in [6.07, 6.45) is 4.49. The molecule has 0 bridgehead atoms. The van der Waals surface area contributed by atoms with E-state index >= 15 is 0 Å². The molecule has 164 valence electrons. The van der Waals surface area contributed by atoms with E-state index in [9.17, 15) is 9.90 Å². The van der Waals surface area contributed by atoms with Gasteiger partial charge in [0, 0.05) is 37.2 Å². The largest absolute Gasteiger partial charge is 0.444 e. The Morgan fingerprint density at radius 3 is 2.84 bits per heavy atom. The SMILES string of the molecule is CC(C)(C)OC(=O)N[C@H]1CN(c2ccnc3[nH]cc(-c4ccnc(N)n4)c23)CC[C@@H]1O. The molecule has 0 unspecified atom stereocenters. The number of piperidine rings is 1. The fraction of sp³-hybridized carbons (Fsp3) is 0.429. The van der Waals surface area contributed by atoms with Gasteiger partial charge in [0.2, 0.25) is 5.95 Å². The normalized spacial score (nSPS) is 19.4. The molecule has 10 nitrogen and oxygen atoms in total. The molecule has 4 heterocycles. The van der Waals surface area contributed by atoms with Crippen molar-refractivity contribution in [3.05, 3.63) is 30.7 Å². The lowest BCUT2D eigenvalue weighted by Crippen LogP contribution is -2.56. The third-order valence-electron chi connectivity index (χ3n) is 5.12. The summed E-state index contributed by atoms with van der Waals surface area (Å²) in [5, 5.41) is 14.2. The maximum absolute atomic E-state index is 12.3. The minimum absolute atomic E-state index is 0.194. The quantitative estimate of drug-likeness (QED) is 0.499. The number of aromatic amines is 1. The Morgan fingerprint density at radius 1 is 1.32 bits per heavy atom. The number of carbonyl (C=O) groups is 1. The minimum Gasteiger partial charge on any atom is -0.444 e. The number of hydrogen-bond donors (Lipinski definition) is 4. The summed E-state index contributed by atoms with van der Waals surface area (Å²) in [5.74, 6) is 0.194. The number of fused-ring (bicyclic) bond motifs is 1. The number of nitrogens with two attached hydrogens (primary N) is 1. The molecular formula is C21H27N7O3. The van der Waals surface area contributed by atoms with Crippen molar-refractivity contribution in [1.29, 1.82) is 0 Å². The van der Waals surface area contributed by atoms with Gasteiger partial charge in [0.05, 0.1) is 28.9 Å². The molecule has 1 saturated heterocycles. The van der Waals surface area contributed by atoms with Gasteiger partial charge in [-0.15, -0.1) is 0 Å². The number of nitrogens with one attached hydrogen (secondary N) is 2. The molecule has 0 spiro atoms. The fourth-order valence-electron chi connectivity index (χ4n) is 3.79. The first kappa shape index (κ1) is 20.9. The van der Waals surface area contributed by atoms with Crippen molar-refractivity contribution in [3.63, 3.8) is 0 Å². The lowest BCUT2D eigenvalue weighted by molar-refractivity contribution is 0.0399. The second kappa shape index (κ2) is 8.03. The summed E-state index contributed by atoms with van der Waals surface area (Å²) in [6.45, 7) is 6.46. The number of ether oxygens (including phenoxy) is 1. The number of pyridine rings is 1. The van der Waals surface area contributed by atoms with Crippen LogP contribution in [0.3, 0.4) is 0 Å². The van der Waals surface area contributed by atoms with Gasteiger partial charge >= 0.3 is 6.09 Å². The van der Waals surface area contributed by atoms with Crippen LogP contribution in [-0.2, 0) is 4.74 Å². The zero-order valence-electron chi connectivity index (χ0n) is 17.8. The van der Waals surface area contributed by atoms with Crippen molar-refractivity contribution < 1.29 is 14.6 Å². The van der Waals surface area contributed by atoms with Crippen LogP contribution in [0.1, 0.15) is 27.2 Å². The topological polar surface area (TPSA) is 142 Å². The van der Waals surface area contributed by atoms with Crippen molar-refractivity contribution >= 4 is 28.8 Å². The predicted molar refractivity (Wildman–Crippen MR) is 118 cm³/mol. The van der Waals surface area contributed by atoms with Crippen LogP contribution in [0, 0.1) is 0 Å². The molecule has 0 radical (unpaired) electrons. The van der Waals surface area contributed by atoms with E-state index in [0.29, 0.717) is 30.9 Å². The van der Waals surface area contributed by atoms with Crippen LogP contribution in [0.4, 0.5) is 16.4 Å². The van der Waals surface area contributed by atoms with Crippen molar-refractivity contribution in [1.82, 2.24) is 25.3 Å². The van der Waals surface area contributed by atoms with Crippen molar-refractivity contribution in [3.8, 4) is 11.3 Å². The molecule has 3 aromatic heterocycles. The summed E-state index contributed by atoms with van der Waals surface area (Å²) >= 11 is 0. The number of carbonyl (C=O) groups excluding carboxylic acids is 1. The number of anilines is 2. The molecule has 1 amide bonds. The molecule has 5 N–H and O–H groups in total. The number of alkyl carbamates (subject to hydrolysis) is 1. The Balaban J connectivity index is 1.64. The van der Waals surface area contributed by atoms with Crippen LogP contribution in [0.2, 0.25) is 0 Å². The van der Waals surface area contributed by atoms with Gasteiger partial charge in [0.25, 0.3) is 0 Å². The smallest absolute Gasteiger partial charge is 0.408 e. The number of nitrogen functional groups attached to an aromatic ring is 1. The van der Waals surface area contributed by atoms with E-state index in [1.165, 1.54) is 0 Å². The van der Waals surface area contributed by atoms with Crippen LogP contribution < -0.4 is 16.0 Å². The number of rotatable bonds is 3. The van der Waals surface area contributed by atoms with Crippen LogP contribution in [0.15, 0.2) is 30.7 Å². The van der Waals surface area contributed by atoms with E-state index < -0.39 is 23.8 Å². The number of aromatic nitrogens is 4.